The molecular weight excluding hydrogens is 472 g/mol. The third-order valence-electron chi connectivity index (χ3n) is 3.68. The van der Waals surface area contributed by atoms with Crippen LogP contribution in [-0.2, 0) is 6.54 Å². The number of nitrogens with one attached hydrogen (secondary N) is 2. The van der Waals surface area contributed by atoms with E-state index in [1.165, 1.54) is 12.1 Å². The summed E-state index contributed by atoms with van der Waals surface area (Å²) in [6.07, 6.45) is -0.147. The van der Waals surface area contributed by atoms with E-state index in [9.17, 15) is 4.39 Å². The van der Waals surface area contributed by atoms with Gasteiger partial charge in [-0.3, -0.25) is 0 Å². The number of ether oxygens (including phenoxy) is 1. The standard InChI is InChI=1S/C20H28FN5O.HI/c1-5-22-20(24-14-17-9-7-11-19(25-17)26(3)4)23-13-15(2)27-18-10-6-8-16(21)12-18;/h6-12,15H,5,13-14H2,1-4H3,(H2,22,23,24);1H. The van der Waals surface area contributed by atoms with Gasteiger partial charge in [0.1, 0.15) is 23.5 Å². The zero-order valence-corrected chi connectivity index (χ0v) is 19.1. The van der Waals surface area contributed by atoms with Gasteiger partial charge in [0, 0.05) is 26.7 Å². The Bertz CT molecular complexity index is 757. The van der Waals surface area contributed by atoms with E-state index in [0.717, 1.165) is 18.1 Å². The Morgan fingerprint density at radius 1 is 1.21 bits per heavy atom. The summed E-state index contributed by atoms with van der Waals surface area (Å²) >= 11 is 0. The fraction of sp³-hybridized carbons (Fsp3) is 0.400. The first-order valence-electron chi connectivity index (χ1n) is 9.05. The van der Waals surface area contributed by atoms with Gasteiger partial charge in [-0.2, -0.15) is 0 Å². The summed E-state index contributed by atoms with van der Waals surface area (Å²) in [5.74, 6) is 1.79. The lowest BCUT2D eigenvalue weighted by molar-refractivity contribution is 0.223. The van der Waals surface area contributed by atoms with Crippen LogP contribution in [0.15, 0.2) is 47.5 Å². The van der Waals surface area contributed by atoms with Crippen molar-refractivity contribution in [3.63, 3.8) is 0 Å². The van der Waals surface area contributed by atoms with E-state index in [0.29, 0.717) is 24.8 Å². The molecule has 0 radical (unpaired) electrons. The molecule has 0 aliphatic heterocycles. The summed E-state index contributed by atoms with van der Waals surface area (Å²) in [4.78, 5) is 11.1. The highest BCUT2D eigenvalue weighted by molar-refractivity contribution is 14.0. The van der Waals surface area contributed by atoms with E-state index >= 15 is 0 Å². The van der Waals surface area contributed by atoms with Gasteiger partial charge in [0.15, 0.2) is 5.96 Å². The molecule has 0 aliphatic rings. The molecule has 6 nitrogen and oxygen atoms in total. The lowest BCUT2D eigenvalue weighted by Gasteiger charge is -2.18. The van der Waals surface area contributed by atoms with E-state index in [-0.39, 0.29) is 35.9 Å². The van der Waals surface area contributed by atoms with Gasteiger partial charge >= 0.3 is 0 Å². The molecule has 154 valence electrons. The number of aliphatic imine (C=N–C) groups is 1. The number of anilines is 1. The molecule has 0 saturated carbocycles. The molecule has 2 rings (SSSR count). The molecule has 8 heteroatoms. The third kappa shape index (κ3) is 8.28. The highest BCUT2D eigenvalue weighted by atomic mass is 127. The van der Waals surface area contributed by atoms with Crippen LogP contribution < -0.4 is 20.3 Å². The quantitative estimate of drug-likeness (QED) is 0.330. The van der Waals surface area contributed by atoms with Crippen molar-refractivity contribution >= 4 is 35.8 Å². The Hall–Kier alpha value is -2.10. The molecule has 1 unspecified atom stereocenters. The van der Waals surface area contributed by atoms with Crippen LogP contribution in [0.2, 0.25) is 0 Å². The van der Waals surface area contributed by atoms with Gasteiger partial charge < -0.3 is 20.3 Å². The first-order chi connectivity index (χ1) is 13.0. The van der Waals surface area contributed by atoms with Gasteiger partial charge in [-0.05, 0) is 38.1 Å². The zero-order valence-electron chi connectivity index (χ0n) is 16.8. The molecule has 0 fully saturated rings. The van der Waals surface area contributed by atoms with Crippen LogP contribution in [0, 0.1) is 5.82 Å². The largest absolute Gasteiger partial charge is 0.489 e. The molecule has 0 amide bonds. The van der Waals surface area contributed by atoms with E-state index in [2.05, 4.69) is 20.6 Å². The Morgan fingerprint density at radius 2 is 1.96 bits per heavy atom. The smallest absolute Gasteiger partial charge is 0.191 e. The highest BCUT2D eigenvalue weighted by Gasteiger charge is 2.07. The van der Waals surface area contributed by atoms with Gasteiger partial charge in [0.05, 0.1) is 18.8 Å². The predicted octanol–water partition coefficient (Wildman–Crippen LogP) is 3.43. The van der Waals surface area contributed by atoms with Crippen LogP contribution in [0.25, 0.3) is 0 Å². The van der Waals surface area contributed by atoms with Crippen molar-refractivity contribution < 1.29 is 9.13 Å². The van der Waals surface area contributed by atoms with Crippen molar-refractivity contribution in [3.05, 3.63) is 54.0 Å². The summed E-state index contributed by atoms with van der Waals surface area (Å²) < 4.78 is 19.0. The van der Waals surface area contributed by atoms with Crippen molar-refractivity contribution in [2.24, 2.45) is 4.99 Å². The highest BCUT2D eigenvalue weighted by Crippen LogP contribution is 2.13. The van der Waals surface area contributed by atoms with Crippen LogP contribution in [0.3, 0.4) is 0 Å². The van der Waals surface area contributed by atoms with Crippen molar-refractivity contribution in [1.29, 1.82) is 0 Å². The zero-order chi connectivity index (χ0) is 19.6. The average molecular weight is 501 g/mol. The first kappa shape index (κ1) is 23.9. The summed E-state index contributed by atoms with van der Waals surface area (Å²) in [7, 11) is 3.92. The Kier molecular flexibility index (Phi) is 10.6. The van der Waals surface area contributed by atoms with Crippen LogP contribution in [-0.4, -0.2) is 44.2 Å². The van der Waals surface area contributed by atoms with Crippen molar-refractivity contribution in [2.75, 3.05) is 32.1 Å². The average Bonchev–Trinajstić information content (AvgIpc) is 2.64. The summed E-state index contributed by atoms with van der Waals surface area (Å²) in [5, 5.41) is 6.45. The van der Waals surface area contributed by atoms with E-state index in [1.807, 2.05) is 51.0 Å². The van der Waals surface area contributed by atoms with Gasteiger partial charge in [-0.1, -0.05) is 12.1 Å². The number of nitrogens with zero attached hydrogens (tertiary/aromatic N) is 3. The lowest BCUT2D eigenvalue weighted by Crippen LogP contribution is -2.41. The predicted molar refractivity (Wildman–Crippen MR) is 123 cm³/mol. The lowest BCUT2D eigenvalue weighted by atomic mass is 10.3. The van der Waals surface area contributed by atoms with E-state index in [1.54, 1.807) is 12.1 Å². The minimum absolute atomic E-state index is 0. The Balaban J connectivity index is 0.00000392. The molecule has 28 heavy (non-hydrogen) atoms. The number of benzene rings is 1. The SMILES string of the molecule is CCNC(=NCc1cccc(N(C)C)n1)NCC(C)Oc1cccc(F)c1.I. The van der Waals surface area contributed by atoms with E-state index in [4.69, 9.17) is 4.74 Å². The van der Waals surface area contributed by atoms with Crippen molar-refractivity contribution in [3.8, 4) is 5.75 Å². The summed E-state index contributed by atoms with van der Waals surface area (Å²) in [5.41, 5.74) is 0.891. The van der Waals surface area contributed by atoms with Gasteiger partial charge in [0.25, 0.3) is 0 Å². The fourth-order valence-electron chi connectivity index (χ4n) is 2.36. The second-order valence-corrected chi connectivity index (χ2v) is 6.34. The summed E-state index contributed by atoms with van der Waals surface area (Å²) in [6.45, 7) is 5.68. The first-order valence-corrected chi connectivity index (χ1v) is 9.05. The minimum atomic E-state index is -0.310. The number of hydrogen-bond donors (Lipinski definition) is 2. The number of rotatable bonds is 8. The van der Waals surface area contributed by atoms with Gasteiger partial charge in [-0.15, -0.1) is 24.0 Å². The maximum atomic E-state index is 13.2. The minimum Gasteiger partial charge on any atom is -0.489 e. The Labute approximate surface area is 183 Å². The van der Waals surface area contributed by atoms with Gasteiger partial charge in [-0.25, -0.2) is 14.4 Å². The number of hydrogen-bond acceptors (Lipinski definition) is 4. The Morgan fingerprint density at radius 3 is 2.64 bits per heavy atom. The molecule has 0 saturated heterocycles. The number of pyridine rings is 1. The monoisotopic (exact) mass is 501 g/mol. The molecule has 2 aromatic rings. The maximum absolute atomic E-state index is 13.2. The summed E-state index contributed by atoms with van der Waals surface area (Å²) in [6, 6.07) is 12.0. The molecule has 0 bridgehead atoms. The topological polar surface area (TPSA) is 61.8 Å². The molecule has 0 aliphatic carbocycles. The molecule has 1 aromatic carbocycles. The maximum Gasteiger partial charge on any atom is 0.191 e. The normalized spacial score (nSPS) is 12.0. The second-order valence-electron chi connectivity index (χ2n) is 6.34. The fourth-order valence-corrected chi connectivity index (χ4v) is 2.36. The van der Waals surface area contributed by atoms with Crippen LogP contribution in [0.5, 0.6) is 5.75 Å². The van der Waals surface area contributed by atoms with E-state index < -0.39 is 0 Å². The molecule has 1 aromatic heterocycles. The van der Waals surface area contributed by atoms with Crippen molar-refractivity contribution in [2.45, 2.75) is 26.5 Å². The number of aromatic nitrogens is 1. The number of halogens is 2. The number of guanidine groups is 1. The molecular formula is C20H29FIN5O. The third-order valence-corrected chi connectivity index (χ3v) is 3.68. The van der Waals surface area contributed by atoms with Gasteiger partial charge in [0.2, 0.25) is 0 Å². The van der Waals surface area contributed by atoms with Crippen LogP contribution in [0.4, 0.5) is 10.2 Å². The van der Waals surface area contributed by atoms with Crippen molar-refractivity contribution in [1.82, 2.24) is 15.6 Å². The molecule has 0 spiro atoms. The van der Waals surface area contributed by atoms with Crippen LogP contribution in [0.1, 0.15) is 19.5 Å². The molecule has 1 heterocycles. The molecule has 2 N–H and O–H groups in total. The molecule has 1 atom stereocenters. The van der Waals surface area contributed by atoms with Crippen LogP contribution >= 0.6 is 24.0 Å². The second kappa shape index (κ2) is 12.4.